The van der Waals surface area contributed by atoms with Crippen molar-refractivity contribution in [1.29, 1.82) is 0 Å². The van der Waals surface area contributed by atoms with E-state index in [0.29, 0.717) is 0 Å². The van der Waals surface area contributed by atoms with Crippen molar-refractivity contribution >= 4 is 107 Å². The lowest BCUT2D eigenvalue weighted by atomic mass is 9.32. The summed E-state index contributed by atoms with van der Waals surface area (Å²) >= 11 is 0. The van der Waals surface area contributed by atoms with Crippen LogP contribution in [0.5, 0.6) is 0 Å². The highest BCUT2D eigenvalue weighted by Crippen LogP contribution is 2.50. The van der Waals surface area contributed by atoms with E-state index >= 15 is 0 Å². The molecule has 0 saturated heterocycles. The van der Waals surface area contributed by atoms with Gasteiger partial charge in [0.15, 0.2) is 0 Å². The zero-order valence-electron chi connectivity index (χ0n) is 45.1. The average molecular weight is 1050 g/mol. The number of benzene rings is 13. The van der Waals surface area contributed by atoms with Gasteiger partial charge in [-0.3, -0.25) is 0 Å². The molecule has 0 aliphatic carbocycles. The number of anilines is 3. The third-order valence-corrected chi connectivity index (χ3v) is 18.9. The Bertz CT molecular complexity index is 5120. The first-order valence-electron chi connectivity index (χ1n) is 29.1. The molecule has 0 spiro atoms. The van der Waals surface area contributed by atoms with Gasteiger partial charge in [0.05, 0.1) is 33.4 Å². The monoisotopic (exact) mass is 1050 g/mol. The largest absolute Gasteiger partial charge is 0.312 e. The van der Waals surface area contributed by atoms with E-state index in [-0.39, 0.29) is 13.4 Å². The fraction of sp³-hybridized carbons (Fsp3) is 0. The summed E-state index contributed by atoms with van der Waals surface area (Å²) in [6, 6.07) is 108. The van der Waals surface area contributed by atoms with Gasteiger partial charge in [-0.1, -0.05) is 229 Å². The first-order chi connectivity index (χ1) is 41.2. The molecule has 2 aromatic heterocycles. The summed E-state index contributed by atoms with van der Waals surface area (Å²) < 4.78 is 5.28. The highest BCUT2D eigenvalue weighted by atomic mass is 15.2. The molecule has 0 amide bonds. The summed E-state index contributed by atoms with van der Waals surface area (Å²) in [4.78, 5) is 2.76. The van der Waals surface area contributed by atoms with Crippen molar-refractivity contribution < 1.29 is 0 Å². The summed E-state index contributed by atoms with van der Waals surface area (Å²) in [5.74, 6) is 0. The fourth-order valence-corrected chi connectivity index (χ4v) is 15.5. The molecule has 3 nitrogen and oxygen atoms in total. The first-order valence-corrected chi connectivity index (χ1v) is 29.1. The molecule has 0 fully saturated rings. The van der Waals surface area contributed by atoms with E-state index in [4.69, 9.17) is 0 Å². The molecule has 15 aromatic rings. The molecule has 0 bridgehead atoms. The van der Waals surface area contributed by atoms with Gasteiger partial charge in [0.1, 0.15) is 0 Å². The summed E-state index contributed by atoms with van der Waals surface area (Å²) in [7, 11) is 0. The van der Waals surface area contributed by atoms with Crippen molar-refractivity contribution in [3.05, 3.63) is 285 Å². The van der Waals surface area contributed by atoms with Crippen LogP contribution in [-0.4, -0.2) is 22.6 Å². The summed E-state index contributed by atoms with van der Waals surface area (Å²) in [6.07, 6.45) is 0. The molecule has 4 aliphatic heterocycles. The van der Waals surface area contributed by atoms with Crippen LogP contribution in [0, 0.1) is 0 Å². The molecular formula is C78H47B2N3. The second-order valence-electron chi connectivity index (χ2n) is 23.0. The number of fused-ring (bicyclic) bond motifs is 16. The Hall–Kier alpha value is -10.6. The van der Waals surface area contributed by atoms with E-state index in [9.17, 15) is 0 Å². The first kappa shape index (κ1) is 45.2. The van der Waals surface area contributed by atoms with Crippen LogP contribution in [0.4, 0.5) is 17.1 Å². The van der Waals surface area contributed by atoms with Gasteiger partial charge in [0.2, 0.25) is 6.71 Å². The van der Waals surface area contributed by atoms with Crippen LogP contribution < -0.4 is 37.7 Å². The molecule has 6 heterocycles. The SMILES string of the molecule is c1ccc(-c2ccc3c(c2)-c2cc(-c4ccccc4)cc4c2B3c2cc(-n3c5ccccc5c5ccccc53)c(-n3c5ccccc5c5ccccc53)c3c2N4c2cc(-c4ccccc4)cc4c2B3c2ccc(-c3ccccc3)cc2-4)cc1. The van der Waals surface area contributed by atoms with Crippen LogP contribution in [0.1, 0.15) is 0 Å². The zero-order chi connectivity index (χ0) is 54.0. The van der Waals surface area contributed by atoms with Crippen LogP contribution in [-0.2, 0) is 0 Å². The molecule has 5 heteroatoms. The predicted molar refractivity (Wildman–Crippen MR) is 352 cm³/mol. The molecule has 0 N–H and O–H groups in total. The third kappa shape index (κ3) is 6.20. The van der Waals surface area contributed by atoms with Gasteiger partial charge in [-0.25, -0.2) is 0 Å². The molecule has 4 aliphatic rings. The maximum absolute atomic E-state index is 2.76. The number of para-hydroxylation sites is 4. The van der Waals surface area contributed by atoms with E-state index in [0.717, 1.165) is 0 Å². The minimum absolute atomic E-state index is 0.0756. The number of hydrogen-bond donors (Lipinski definition) is 0. The standard InChI is InChI=1S/C78H47B2N3/c1-5-21-48(22-6-1)52-37-39-64-60(41-52)62-43-54(50-25-9-3-10-26-50)45-71-74(62)79(64)66-47-73(81-67-33-17-13-29-56(67)57-30-14-18-34-68(57)81)78(82-69-35-19-15-31-58(69)59-32-16-20-36-70(59)82)76-77(66)83(71)72-46-55(51-27-11-4-12-28-51)44-63-61-42-53(49-23-7-2-8-24-49)38-40-65(61)80(76)75(63)72/h1-47H. The van der Waals surface area contributed by atoms with E-state index in [1.165, 1.54) is 172 Å². The van der Waals surface area contributed by atoms with Crippen LogP contribution in [0.25, 0.3) is 122 Å². The predicted octanol–water partition coefficient (Wildman–Crippen LogP) is 15.6. The summed E-state index contributed by atoms with van der Waals surface area (Å²) in [5.41, 5.74) is 33.8. The Labute approximate surface area is 481 Å². The molecular weight excluding hydrogens is 1000 g/mol. The number of nitrogens with zero attached hydrogens (tertiary/aromatic N) is 3. The van der Waals surface area contributed by atoms with Crippen molar-refractivity contribution in [2.45, 2.75) is 0 Å². The van der Waals surface area contributed by atoms with Gasteiger partial charge in [-0.15, -0.1) is 0 Å². The van der Waals surface area contributed by atoms with Crippen LogP contribution in [0.2, 0.25) is 0 Å². The van der Waals surface area contributed by atoms with Gasteiger partial charge in [0.25, 0.3) is 6.71 Å². The van der Waals surface area contributed by atoms with Gasteiger partial charge < -0.3 is 14.0 Å². The number of rotatable bonds is 6. The topological polar surface area (TPSA) is 13.1 Å². The van der Waals surface area contributed by atoms with E-state index in [1.807, 2.05) is 0 Å². The van der Waals surface area contributed by atoms with E-state index < -0.39 is 0 Å². The quantitative estimate of drug-likeness (QED) is 0.151. The normalized spacial score (nSPS) is 13.0. The Morgan fingerprint density at radius 2 is 0.578 bits per heavy atom. The Balaban J connectivity index is 1.04. The van der Waals surface area contributed by atoms with Crippen molar-refractivity contribution in [2.75, 3.05) is 4.90 Å². The second kappa shape index (κ2) is 17.0. The van der Waals surface area contributed by atoms with E-state index in [2.05, 4.69) is 299 Å². The third-order valence-electron chi connectivity index (χ3n) is 18.9. The van der Waals surface area contributed by atoms with Crippen molar-refractivity contribution in [3.63, 3.8) is 0 Å². The summed E-state index contributed by atoms with van der Waals surface area (Å²) in [5, 5.41) is 4.96. The average Bonchev–Trinajstić information content (AvgIpc) is 1.68. The molecule has 19 rings (SSSR count). The molecule has 0 radical (unpaired) electrons. The number of aromatic nitrogens is 2. The van der Waals surface area contributed by atoms with Crippen molar-refractivity contribution in [2.24, 2.45) is 0 Å². The smallest absolute Gasteiger partial charge is 0.251 e. The van der Waals surface area contributed by atoms with Crippen LogP contribution in [0.3, 0.4) is 0 Å². The Morgan fingerprint density at radius 3 is 1.02 bits per heavy atom. The molecule has 13 aromatic carbocycles. The molecule has 0 unspecified atom stereocenters. The Morgan fingerprint density at radius 1 is 0.217 bits per heavy atom. The highest BCUT2D eigenvalue weighted by Gasteiger charge is 2.52. The van der Waals surface area contributed by atoms with Gasteiger partial charge in [0, 0.05) is 38.6 Å². The van der Waals surface area contributed by atoms with E-state index in [1.54, 1.807) is 0 Å². The molecule has 0 saturated carbocycles. The molecule has 380 valence electrons. The van der Waals surface area contributed by atoms with Gasteiger partial charge >= 0.3 is 0 Å². The Kier molecular flexibility index (Phi) is 9.23. The van der Waals surface area contributed by atoms with Gasteiger partial charge in [-0.2, -0.15) is 0 Å². The van der Waals surface area contributed by atoms with Crippen LogP contribution in [0.15, 0.2) is 285 Å². The van der Waals surface area contributed by atoms with Crippen molar-refractivity contribution in [3.8, 4) is 78.1 Å². The second-order valence-corrected chi connectivity index (χ2v) is 23.0. The maximum Gasteiger partial charge on any atom is 0.251 e. The highest BCUT2D eigenvalue weighted by molar-refractivity contribution is 7.06. The minimum atomic E-state index is -0.141. The zero-order valence-corrected chi connectivity index (χ0v) is 45.1. The molecule has 83 heavy (non-hydrogen) atoms. The lowest BCUT2D eigenvalue weighted by Crippen LogP contribution is -2.64. The summed E-state index contributed by atoms with van der Waals surface area (Å²) in [6.45, 7) is -0.217. The molecule has 0 atom stereocenters. The number of hydrogen-bond acceptors (Lipinski definition) is 1. The fourth-order valence-electron chi connectivity index (χ4n) is 15.5. The van der Waals surface area contributed by atoms with Gasteiger partial charge in [-0.05, 0) is 155 Å². The van der Waals surface area contributed by atoms with Crippen molar-refractivity contribution in [1.82, 2.24) is 9.13 Å². The minimum Gasteiger partial charge on any atom is -0.312 e. The lowest BCUT2D eigenvalue weighted by molar-refractivity contribution is 1.10. The maximum atomic E-state index is 2.76. The lowest BCUT2D eigenvalue weighted by Gasteiger charge is -2.44. The van der Waals surface area contributed by atoms with Crippen LogP contribution >= 0.6 is 0 Å².